The SMILES string of the molecule is CN1CCC(N(C)CCC2CCNCC2)CC1. The second kappa shape index (κ2) is 6.72. The summed E-state index contributed by atoms with van der Waals surface area (Å²) >= 11 is 0. The average Bonchev–Trinajstić information content (AvgIpc) is 2.38. The summed E-state index contributed by atoms with van der Waals surface area (Å²) in [4.78, 5) is 5.08. The number of piperidine rings is 2. The molecule has 0 unspecified atom stereocenters. The van der Waals surface area contributed by atoms with Crippen molar-refractivity contribution in [2.75, 3.05) is 46.8 Å². The molecule has 0 bridgehead atoms. The highest BCUT2D eigenvalue weighted by Crippen LogP contribution is 2.19. The van der Waals surface area contributed by atoms with Crippen LogP contribution in [0, 0.1) is 5.92 Å². The molecule has 3 heteroatoms. The van der Waals surface area contributed by atoms with Gasteiger partial charge in [0, 0.05) is 6.04 Å². The molecule has 2 aliphatic heterocycles. The topological polar surface area (TPSA) is 18.5 Å². The number of likely N-dealkylation sites (tertiary alicyclic amines) is 1. The number of rotatable bonds is 4. The normalized spacial score (nSPS) is 25.6. The molecular weight excluding hydrogens is 210 g/mol. The van der Waals surface area contributed by atoms with E-state index >= 15 is 0 Å². The largest absolute Gasteiger partial charge is 0.317 e. The van der Waals surface area contributed by atoms with E-state index in [0.29, 0.717) is 0 Å². The van der Waals surface area contributed by atoms with Gasteiger partial charge in [-0.2, -0.15) is 0 Å². The smallest absolute Gasteiger partial charge is 0.0117 e. The van der Waals surface area contributed by atoms with Gasteiger partial charge in [0.2, 0.25) is 0 Å². The minimum atomic E-state index is 0.841. The fraction of sp³-hybridized carbons (Fsp3) is 1.00. The maximum atomic E-state index is 3.45. The van der Waals surface area contributed by atoms with Gasteiger partial charge in [-0.25, -0.2) is 0 Å². The molecule has 0 aromatic rings. The third-order valence-electron chi connectivity index (χ3n) is 4.66. The van der Waals surface area contributed by atoms with E-state index in [-0.39, 0.29) is 0 Å². The van der Waals surface area contributed by atoms with Crippen LogP contribution in [0.1, 0.15) is 32.1 Å². The Morgan fingerprint density at radius 1 is 1.12 bits per heavy atom. The van der Waals surface area contributed by atoms with Gasteiger partial charge in [-0.05, 0) is 84.8 Å². The molecule has 0 aromatic heterocycles. The minimum Gasteiger partial charge on any atom is -0.317 e. The first-order valence-corrected chi connectivity index (χ1v) is 7.35. The summed E-state index contributed by atoms with van der Waals surface area (Å²) in [7, 11) is 4.57. The molecule has 3 nitrogen and oxygen atoms in total. The summed E-state index contributed by atoms with van der Waals surface area (Å²) in [5, 5.41) is 3.45. The van der Waals surface area contributed by atoms with Crippen LogP contribution in [0.4, 0.5) is 0 Å². The van der Waals surface area contributed by atoms with Crippen LogP contribution >= 0.6 is 0 Å². The van der Waals surface area contributed by atoms with Gasteiger partial charge in [0.15, 0.2) is 0 Å². The summed E-state index contributed by atoms with van der Waals surface area (Å²) in [5.41, 5.74) is 0. The Morgan fingerprint density at radius 3 is 2.41 bits per heavy atom. The molecule has 100 valence electrons. The van der Waals surface area contributed by atoms with Crippen LogP contribution in [-0.2, 0) is 0 Å². The van der Waals surface area contributed by atoms with Crippen LogP contribution in [0.25, 0.3) is 0 Å². The molecule has 17 heavy (non-hydrogen) atoms. The van der Waals surface area contributed by atoms with E-state index in [2.05, 4.69) is 29.2 Å². The highest BCUT2D eigenvalue weighted by atomic mass is 15.2. The summed E-state index contributed by atoms with van der Waals surface area (Å²) in [5.74, 6) is 0.977. The first kappa shape index (κ1) is 13.3. The third-order valence-corrected chi connectivity index (χ3v) is 4.66. The van der Waals surface area contributed by atoms with Crippen LogP contribution in [0.2, 0.25) is 0 Å². The molecule has 2 saturated heterocycles. The highest BCUT2D eigenvalue weighted by molar-refractivity contribution is 4.78. The zero-order valence-electron chi connectivity index (χ0n) is 11.6. The van der Waals surface area contributed by atoms with Crippen LogP contribution in [-0.4, -0.2) is 62.7 Å². The molecule has 0 spiro atoms. The Labute approximate surface area is 107 Å². The highest BCUT2D eigenvalue weighted by Gasteiger charge is 2.21. The zero-order valence-corrected chi connectivity index (χ0v) is 11.6. The van der Waals surface area contributed by atoms with Gasteiger partial charge in [0.25, 0.3) is 0 Å². The van der Waals surface area contributed by atoms with E-state index in [1.807, 2.05) is 0 Å². The van der Waals surface area contributed by atoms with Crippen molar-refractivity contribution in [2.45, 2.75) is 38.1 Å². The summed E-state index contributed by atoms with van der Waals surface area (Å²) < 4.78 is 0. The molecule has 2 aliphatic rings. The van der Waals surface area contributed by atoms with Crippen LogP contribution in [0.15, 0.2) is 0 Å². The third kappa shape index (κ3) is 4.23. The van der Waals surface area contributed by atoms with Gasteiger partial charge in [0.1, 0.15) is 0 Å². The molecular formula is C14H29N3. The lowest BCUT2D eigenvalue weighted by atomic mass is 9.94. The lowest BCUT2D eigenvalue weighted by molar-refractivity contribution is 0.135. The zero-order chi connectivity index (χ0) is 12.1. The number of nitrogens with zero attached hydrogens (tertiary/aromatic N) is 2. The van der Waals surface area contributed by atoms with Crippen molar-refractivity contribution in [3.63, 3.8) is 0 Å². The van der Waals surface area contributed by atoms with E-state index in [9.17, 15) is 0 Å². The van der Waals surface area contributed by atoms with E-state index in [0.717, 1.165) is 12.0 Å². The number of hydrogen-bond donors (Lipinski definition) is 1. The van der Waals surface area contributed by atoms with Crippen molar-refractivity contribution < 1.29 is 0 Å². The summed E-state index contributed by atoms with van der Waals surface area (Å²) in [6.45, 7) is 6.34. The lowest BCUT2D eigenvalue weighted by Crippen LogP contribution is -2.42. The first-order chi connectivity index (χ1) is 8.25. The van der Waals surface area contributed by atoms with Crippen molar-refractivity contribution >= 4 is 0 Å². The fourth-order valence-electron chi connectivity index (χ4n) is 3.17. The molecule has 0 atom stereocenters. The second-order valence-corrected chi connectivity index (χ2v) is 6.00. The molecule has 0 radical (unpaired) electrons. The summed E-state index contributed by atoms with van der Waals surface area (Å²) in [6.07, 6.45) is 6.91. The van der Waals surface area contributed by atoms with Crippen molar-refractivity contribution in [3.8, 4) is 0 Å². The standard InChI is InChI=1S/C14H29N3/c1-16-10-6-14(7-11-16)17(2)12-5-13-3-8-15-9-4-13/h13-15H,3-12H2,1-2H3. The molecule has 2 rings (SSSR count). The average molecular weight is 239 g/mol. The Morgan fingerprint density at radius 2 is 1.76 bits per heavy atom. The molecule has 2 heterocycles. The Kier molecular flexibility index (Phi) is 5.26. The molecule has 0 aromatic carbocycles. The van der Waals surface area contributed by atoms with Crippen molar-refractivity contribution in [1.82, 2.24) is 15.1 Å². The summed E-state index contributed by atoms with van der Waals surface area (Å²) in [6, 6.07) is 0.841. The van der Waals surface area contributed by atoms with Gasteiger partial charge in [-0.3, -0.25) is 0 Å². The number of nitrogens with one attached hydrogen (secondary N) is 1. The predicted octanol–water partition coefficient (Wildman–Crippen LogP) is 1.40. The van der Waals surface area contributed by atoms with Gasteiger partial charge < -0.3 is 15.1 Å². The fourth-order valence-corrected chi connectivity index (χ4v) is 3.17. The van der Waals surface area contributed by atoms with E-state index in [1.165, 1.54) is 64.8 Å². The van der Waals surface area contributed by atoms with Gasteiger partial charge in [-0.1, -0.05) is 0 Å². The van der Waals surface area contributed by atoms with Crippen LogP contribution in [0.5, 0.6) is 0 Å². The predicted molar refractivity (Wildman–Crippen MR) is 73.4 cm³/mol. The van der Waals surface area contributed by atoms with E-state index in [4.69, 9.17) is 0 Å². The quantitative estimate of drug-likeness (QED) is 0.800. The molecule has 1 N–H and O–H groups in total. The van der Waals surface area contributed by atoms with Gasteiger partial charge in [-0.15, -0.1) is 0 Å². The molecule has 0 saturated carbocycles. The molecule has 2 fully saturated rings. The van der Waals surface area contributed by atoms with Crippen LogP contribution < -0.4 is 5.32 Å². The monoisotopic (exact) mass is 239 g/mol. The number of hydrogen-bond acceptors (Lipinski definition) is 3. The van der Waals surface area contributed by atoms with Gasteiger partial charge in [0.05, 0.1) is 0 Å². The Balaban J connectivity index is 1.64. The maximum absolute atomic E-state index is 3.45. The Hall–Kier alpha value is -0.120. The van der Waals surface area contributed by atoms with Crippen LogP contribution in [0.3, 0.4) is 0 Å². The van der Waals surface area contributed by atoms with Crippen molar-refractivity contribution in [1.29, 1.82) is 0 Å². The van der Waals surface area contributed by atoms with E-state index in [1.54, 1.807) is 0 Å². The molecule has 0 aliphatic carbocycles. The van der Waals surface area contributed by atoms with E-state index < -0.39 is 0 Å². The molecule has 0 amide bonds. The first-order valence-electron chi connectivity index (χ1n) is 7.35. The minimum absolute atomic E-state index is 0.841. The lowest BCUT2D eigenvalue weighted by Gasteiger charge is -2.36. The second-order valence-electron chi connectivity index (χ2n) is 6.00. The Bertz CT molecular complexity index is 206. The van der Waals surface area contributed by atoms with Crippen molar-refractivity contribution in [3.05, 3.63) is 0 Å². The van der Waals surface area contributed by atoms with Gasteiger partial charge >= 0.3 is 0 Å². The van der Waals surface area contributed by atoms with Crippen molar-refractivity contribution in [2.24, 2.45) is 5.92 Å². The maximum Gasteiger partial charge on any atom is 0.0117 e.